The molecule has 1 atom stereocenters. The monoisotopic (exact) mass is 290 g/mol. The Morgan fingerprint density at radius 3 is 2.50 bits per heavy atom. The van der Waals surface area contributed by atoms with Crippen LogP contribution in [-0.2, 0) is 6.42 Å². The van der Waals surface area contributed by atoms with E-state index in [1.807, 2.05) is 36.4 Å². The van der Waals surface area contributed by atoms with E-state index in [0.717, 1.165) is 22.6 Å². The minimum atomic E-state index is -0.120. The van der Waals surface area contributed by atoms with Gasteiger partial charge in [-0.3, -0.25) is 0 Å². The molecule has 104 valence electrons. The number of hydrogen-bond acceptors (Lipinski definition) is 3. The lowest BCUT2D eigenvalue weighted by Gasteiger charge is -2.13. The Morgan fingerprint density at radius 2 is 1.75 bits per heavy atom. The fourth-order valence-electron chi connectivity index (χ4n) is 2.41. The van der Waals surface area contributed by atoms with E-state index in [1.54, 1.807) is 14.2 Å². The zero-order valence-corrected chi connectivity index (χ0v) is 12.1. The Hall–Kier alpha value is -1.87. The molecule has 0 aromatic heterocycles. The van der Waals surface area contributed by atoms with Crippen LogP contribution in [0.3, 0.4) is 0 Å². The largest absolute Gasteiger partial charge is 0.493 e. The predicted octanol–water partition coefficient (Wildman–Crippen LogP) is 4.33. The highest BCUT2D eigenvalue weighted by molar-refractivity contribution is 6.21. The van der Waals surface area contributed by atoms with Gasteiger partial charge in [0.05, 0.1) is 19.6 Å². The molecule has 2 aromatic rings. The predicted molar refractivity (Wildman–Crippen MR) is 78.4 cm³/mol. The number of ether oxygens (including phenoxy) is 3. The average molecular weight is 291 g/mol. The number of methoxy groups -OCH3 is 2. The van der Waals surface area contributed by atoms with Gasteiger partial charge in [-0.05, 0) is 18.6 Å². The highest BCUT2D eigenvalue weighted by atomic mass is 35.5. The molecule has 0 aliphatic carbocycles. The molecule has 1 aliphatic heterocycles. The average Bonchev–Trinajstić information content (AvgIpc) is 2.61. The highest BCUT2D eigenvalue weighted by Crippen LogP contribution is 2.44. The second-order valence-electron chi connectivity index (χ2n) is 4.63. The lowest BCUT2D eigenvalue weighted by Crippen LogP contribution is -1.96. The maximum absolute atomic E-state index is 6.50. The molecule has 0 bridgehead atoms. The van der Waals surface area contributed by atoms with E-state index in [2.05, 4.69) is 0 Å². The molecule has 0 saturated heterocycles. The lowest BCUT2D eigenvalue weighted by atomic mass is 10.0. The van der Waals surface area contributed by atoms with Crippen molar-refractivity contribution in [1.29, 1.82) is 0 Å². The van der Waals surface area contributed by atoms with E-state index in [-0.39, 0.29) is 5.38 Å². The van der Waals surface area contributed by atoms with Gasteiger partial charge in [-0.2, -0.15) is 0 Å². The summed E-state index contributed by atoms with van der Waals surface area (Å²) in [5.41, 5.74) is 2.02. The van der Waals surface area contributed by atoms with Crippen molar-refractivity contribution >= 4 is 11.6 Å². The van der Waals surface area contributed by atoms with E-state index in [4.69, 9.17) is 25.8 Å². The summed E-state index contributed by atoms with van der Waals surface area (Å²) in [5.74, 6) is 2.89. The summed E-state index contributed by atoms with van der Waals surface area (Å²) in [5, 5.41) is -0.120. The number of para-hydroxylation sites is 1. The molecule has 0 radical (unpaired) electrons. The number of alkyl halides is 1. The molecule has 4 heteroatoms. The van der Waals surface area contributed by atoms with Crippen molar-refractivity contribution in [3.05, 3.63) is 47.5 Å². The van der Waals surface area contributed by atoms with E-state index < -0.39 is 0 Å². The normalized spacial score (nSPS) is 16.4. The summed E-state index contributed by atoms with van der Waals surface area (Å²) in [6.45, 7) is 0. The highest BCUT2D eigenvalue weighted by Gasteiger charge is 2.23. The molecule has 20 heavy (non-hydrogen) atoms. The summed E-state index contributed by atoms with van der Waals surface area (Å²) in [4.78, 5) is 0. The Bertz CT molecular complexity index is 640. The third kappa shape index (κ3) is 2.18. The molecule has 0 N–H and O–H groups in total. The van der Waals surface area contributed by atoms with Crippen LogP contribution in [0.25, 0.3) is 0 Å². The van der Waals surface area contributed by atoms with Gasteiger partial charge in [0.15, 0.2) is 11.5 Å². The molecule has 0 spiro atoms. The van der Waals surface area contributed by atoms with Crippen LogP contribution in [0.1, 0.15) is 16.5 Å². The van der Waals surface area contributed by atoms with Crippen molar-refractivity contribution < 1.29 is 14.2 Å². The fourth-order valence-corrected chi connectivity index (χ4v) is 2.76. The van der Waals surface area contributed by atoms with Crippen molar-refractivity contribution in [2.75, 3.05) is 14.2 Å². The standard InChI is InChI=1S/C16H15ClO3/c1-18-15-8-10-7-12(17)11-5-3-4-6-13(11)20-14(10)9-16(15)19-2/h3-6,8-9,12H,7H2,1-2H3. The molecule has 0 amide bonds. The molecule has 3 nitrogen and oxygen atoms in total. The zero-order chi connectivity index (χ0) is 14.1. The molecule has 1 unspecified atom stereocenters. The molecule has 0 fully saturated rings. The Morgan fingerprint density at radius 1 is 1.05 bits per heavy atom. The van der Waals surface area contributed by atoms with E-state index in [1.165, 1.54) is 0 Å². The van der Waals surface area contributed by atoms with E-state index in [0.29, 0.717) is 17.9 Å². The van der Waals surface area contributed by atoms with Crippen LogP contribution in [0, 0.1) is 0 Å². The number of benzene rings is 2. The van der Waals surface area contributed by atoms with Gasteiger partial charge >= 0.3 is 0 Å². The molecule has 0 saturated carbocycles. The maximum Gasteiger partial charge on any atom is 0.164 e. The van der Waals surface area contributed by atoms with Gasteiger partial charge in [-0.15, -0.1) is 11.6 Å². The number of hydrogen-bond donors (Lipinski definition) is 0. The van der Waals surface area contributed by atoms with Crippen molar-refractivity contribution in [3.63, 3.8) is 0 Å². The third-order valence-electron chi connectivity index (χ3n) is 3.44. The number of fused-ring (bicyclic) bond motifs is 2. The van der Waals surface area contributed by atoms with Crippen molar-refractivity contribution in [1.82, 2.24) is 0 Å². The first kappa shape index (κ1) is 13.1. The molecule has 3 rings (SSSR count). The van der Waals surface area contributed by atoms with Gasteiger partial charge in [-0.1, -0.05) is 18.2 Å². The van der Waals surface area contributed by atoms with E-state index in [9.17, 15) is 0 Å². The van der Waals surface area contributed by atoms with Crippen molar-refractivity contribution in [3.8, 4) is 23.0 Å². The van der Waals surface area contributed by atoms with Crippen LogP contribution >= 0.6 is 11.6 Å². The van der Waals surface area contributed by atoms with Gasteiger partial charge in [0.2, 0.25) is 0 Å². The Balaban J connectivity index is 2.12. The minimum Gasteiger partial charge on any atom is -0.493 e. The van der Waals surface area contributed by atoms with Crippen molar-refractivity contribution in [2.45, 2.75) is 11.8 Å². The summed E-state index contributed by atoms with van der Waals surface area (Å²) in [7, 11) is 3.23. The third-order valence-corrected chi connectivity index (χ3v) is 3.83. The quantitative estimate of drug-likeness (QED) is 0.770. The van der Waals surface area contributed by atoms with Crippen LogP contribution in [0.2, 0.25) is 0 Å². The van der Waals surface area contributed by atoms with Gasteiger partial charge in [-0.25, -0.2) is 0 Å². The van der Waals surface area contributed by atoms with Gasteiger partial charge in [0.25, 0.3) is 0 Å². The summed E-state index contributed by atoms with van der Waals surface area (Å²) >= 11 is 6.50. The van der Waals surface area contributed by atoms with E-state index >= 15 is 0 Å². The number of rotatable bonds is 2. The summed E-state index contributed by atoms with van der Waals surface area (Å²) in [6.07, 6.45) is 0.689. The van der Waals surface area contributed by atoms with Crippen LogP contribution in [-0.4, -0.2) is 14.2 Å². The minimum absolute atomic E-state index is 0.120. The molecular weight excluding hydrogens is 276 g/mol. The molecule has 1 heterocycles. The first-order valence-corrected chi connectivity index (χ1v) is 6.82. The summed E-state index contributed by atoms with van der Waals surface area (Å²) < 4.78 is 16.6. The number of halogens is 1. The lowest BCUT2D eigenvalue weighted by molar-refractivity contribution is 0.351. The van der Waals surface area contributed by atoms with Gasteiger partial charge in [0, 0.05) is 17.2 Å². The topological polar surface area (TPSA) is 27.7 Å². The Labute approximate surface area is 123 Å². The van der Waals surface area contributed by atoms with Crippen LogP contribution in [0.5, 0.6) is 23.0 Å². The second-order valence-corrected chi connectivity index (χ2v) is 5.15. The van der Waals surface area contributed by atoms with Gasteiger partial charge in [0.1, 0.15) is 11.5 Å². The smallest absolute Gasteiger partial charge is 0.164 e. The first-order chi connectivity index (χ1) is 9.72. The Kier molecular flexibility index (Phi) is 3.45. The first-order valence-electron chi connectivity index (χ1n) is 6.38. The van der Waals surface area contributed by atoms with Crippen molar-refractivity contribution in [2.24, 2.45) is 0 Å². The molecule has 1 aliphatic rings. The van der Waals surface area contributed by atoms with Crippen LogP contribution < -0.4 is 14.2 Å². The fraction of sp³-hybridized carbons (Fsp3) is 0.250. The SMILES string of the molecule is COc1cc2c(cc1OC)Oc1ccccc1C(Cl)C2. The van der Waals surface area contributed by atoms with Crippen LogP contribution in [0.4, 0.5) is 0 Å². The summed E-state index contributed by atoms with van der Waals surface area (Å²) in [6, 6.07) is 11.6. The zero-order valence-electron chi connectivity index (χ0n) is 11.4. The van der Waals surface area contributed by atoms with Crippen LogP contribution in [0.15, 0.2) is 36.4 Å². The molecule has 2 aromatic carbocycles. The second kappa shape index (κ2) is 5.25. The maximum atomic E-state index is 6.50. The van der Waals surface area contributed by atoms with Gasteiger partial charge < -0.3 is 14.2 Å². The molecular formula is C16H15ClO3.